The third-order valence-electron chi connectivity index (χ3n) is 2.81. The molecule has 1 unspecified atom stereocenters. The molecule has 1 aromatic carbocycles. The van der Waals surface area contributed by atoms with Crippen LogP contribution in [-0.4, -0.2) is 27.0 Å². The fourth-order valence-electron chi connectivity index (χ4n) is 1.82. The van der Waals surface area contributed by atoms with Gasteiger partial charge in [0.15, 0.2) is 11.6 Å². The second kappa shape index (κ2) is 5.43. The molecule has 6 nitrogen and oxygen atoms in total. The number of benzene rings is 1. The van der Waals surface area contributed by atoms with E-state index in [1.54, 1.807) is 0 Å². The summed E-state index contributed by atoms with van der Waals surface area (Å²) in [4.78, 5) is 11.0. The van der Waals surface area contributed by atoms with Crippen molar-refractivity contribution in [2.75, 3.05) is 11.9 Å². The van der Waals surface area contributed by atoms with Crippen molar-refractivity contribution in [2.45, 2.75) is 23.8 Å². The highest BCUT2D eigenvalue weighted by Gasteiger charge is 2.26. The smallest absolute Gasteiger partial charge is 0.253 e. The molecule has 1 amide bonds. The van der Waals surface area contributed by atoms with Crippen LogP contribution in [0.3, 0.4) is 0 Å². The van der Waals surface area contributed by atoms with Crippen molar-refractivity contribution in [1.82, 2.24) is 0 Å². The van der Waals surface area contributed by atoms with Gasteiger partial charge in [0.05, 0.1) is 4.90 Å². The third kappa shape index (κ3) is 3.11. The monoisotopic (exact) mass is 306 g/mol. The molecule has 0 bridgehead atoms. The van der Waals surface area contributed by atoms with Gasteiger partial charge in [-0.1, -0.05) is 0 Å². The Morgan fingerprint density at radius 2 is 1.95 bits per heavy atom. The average molecular weight is 306 g/mol. The van der Waals surface area contributed by atoms with Crippen molar-refractivity contribution in [3.05, 3.63) is 23.8 Å². The number of nitrogens with one attached hydrogen (secondary N) is 1. The molecule has 0 aliphatic carbocycles. The molecule has 0 spiro atoms. The molecule has 2 rings (SSSR count). The average Bonchev–Trinajstić information content (AvgIpc) is 2.85. The lowest BCUT2D eigenvalue weighted by Crippen LogP contribution is -2.28. The zero-order valence-electron chi connectivity index (χ0n) is 10.2. The number of rotatable bonds is 3. The van der Waals surface area contributed by atoms with Crippen LogP contribution in [0.2, 0.25) is 0 Å². The second-order valence-corrected chi connectivity index (χ2v) is 5.86. The molecule has 1 atom stereocenters. The predicted molar refractivity (Wildman–Crippen MR) is 65.3 cm³/mol. The minimum Gasteiger partial charge on any atom is -0.368 e. The van der Waals surface area contributed by atoms with E-state index in [2.05, 4.69) is 0 Å². The Morgan fingerprint density at radius 1 is 1.35 bits per heavy atom. The van der Waals surface area contributed by atoms with E-state index < -0.39 is 44.3 Å². The van der Waals surface area contributed by atoms with Gasteiger partial charge < -0.3 is 10.1 Å². The van der Waals surface area contributed by atoms with Gasteiger partial charge in [-0.3, -0.25) is 4.79 Å². The maximum absolute atomic E-state index is 13.7. The summed E-state index contributed by atoms with van der Waals surface area (Å²) in [6, 6.07) is 1.09. The quantitative estimate of drug-likeness (QED) is 0.860. The van der Waals surface area contributed by atoms with Crippen molar-refractivity contribution in [3.8, 4) is 0 Å². The highest BCUT2D eigenvalue weighted by atomic mass is 32.2. The van der Waals surface area contributed by atoms with Gasteiger partial charge in [-0.05, 0) is 25.0 Å². The van der Waals surface area contributed by atoms with Gasteiger partial charge in [-0.15, -0.1) is 0 Å². The molecule has 1 fully saturated rings. The largest absolute Gasteiger partial charge is 0.368 e. The number of carbonyl (C=O) groups excluding carboxylic acids is 1. The van der Waals surface area contributed by atoms with Crippen molar-refractivity contribution in [3.63, 3.8) is 0 Å². The fraction of sp³-hybridized carbons (Fsp3) is 0.364. The first-order valence-electron chi connectivity index (χ1n) is 5.73. The summed E-state index contributed by atoms with van der Waals surface area (Å²) in [5, 5.41) is 6.83. The van der Waals surface area contributed by atoms with E-state index in [9.17, 15) is 22.0 Å². The zero-order valence-corrected chi connectivity index (χ0v) is 11.0. The van der Waals surface area contributed by atoms with E-state index >= 15 is 0 Å². The molecule has 110 valence electrons. The SMILES string of the molecule is NS(=O)(=O)c1cc(F)c(NC(=O)C2CCCO2)c(F)c1. The number of anilines is 1. The molecule has 0 radical (unpaired) electrons. The second-order valence-electron chi connectivity index (χ2n) is 4.30. The molecule has 0 aromatic heterocycles. The van der Waals surface area contributed by atoms with Gasteiger partial charge in [-0.2, -0.15) is 0 Å². The van der Waals surface area contributed by atoms with E-state index in [0.29, 0.717) is 31.6 Å². The van der Waals surface area contributed by atoms with Crippen LogP contribution in [0.25, 0.3) is 0 Å². The Balaban J connectivity index is 2.26. The molecular weight excluding hydrogens is 294 g/mol. The summed E-state index contributed by atoms with van der Waals surface area (Å²) in [7, 11) is -4.23. The number of halogens is 2. The van der Waals surface area contributed by atoms with Gasteiger partial charge in [0.1, 0.15) is 11.8 Å². The lowest BCUT2D eigenvalue weighted by molar-refractivity contribution is -0.124. The van der Waals surface area contributed by atoms with Crippen LogP contribution in [0, 0.1) is 11.6 Å². The Hall–Kier alpha value is -1.58. The number of amides is 1. The molecule has 1 saturated heterocycles. The summed E-state index contributed by atoms with van der Waals surface area (Å²) in [6.45, 7) is 0.410. The van der Waals surface area contributed by atoms with E-state index in [1.807, 2.05) is 5.32 Å². The zero-order chi connectivity index (χ0) is 14.9. The normalized spacial score (nSPS) is 19.1. The highest BCUT2D eigenvalue weighted by Crippen LogP contribution is 2.24. The van der Waals surface area contributed by atoms with Gasteiger partial charge in [0.2, 0.25) is 10.0 Å². The van der Waals surface area contributed by atoms with Crippen molar-refractivity contribution in [1.29, 1.82) is 0 Å². The summed E-state index contributed by atoms with van der Waals surface area (Å²) in [6.07, 6.45) is 0.393. The van der Waals surface area contributed by atoms with Gasteiger partial charge >= 0.3 is 0 Å². The summed E-state index contributed by atoms with van der Waals surface area (Å²) in [5.74, 6) is -3.12. The Kier molecular flexibility index (Phi) is 4.02. The summed E-state index contributed by atoms with van der Waals surface area (Å²) < 4.78 is 54.5. The van der Waals surface area contributed by atoms with Crippen molar-refractivity contribution < 1.29 is 26.7 Å². The lowest BCUT2D eigenvalue weighted by atomic mass is 10.2. The Morgan fingerprint density at radius 3 is 2.40 bits per heavy atom. The van der Waals surface area contributed by atoms with Crippen LogP contribution in [-0.2, 0) is 19.6 Å². The van der Waals surface area contributed by atoms with Crippen LogP contribution in [0.5, 0.6) is 0 Å². The predicted octanol–water partition coefficient (Wildman–Crippen LogP) is 0.730. The molecule has 9 heteroatoms. The molecule has 1 heterocycles. The van der Waals surface area contributed by atoms with E-state index in [-0.39, 0.29) is 0 Å². The Labute approximate surface area is 114 Å². The summed E-state index contributed by atoms with van der Waals surface area (Å²) >= 11 is 0. The minimum atomic E-state index is -4.23. The third-order valence-corrected chi connectivity index (χ3v) is 3.71. The minimum absolute atomic E-state index is 0.410. The first kappa shape index (κ1) is 14.8. The fourth-order valence-corrected chi connectivity index (χ4v) is 2.36. The van der Waals surface area contributed by atoms with Crippen LogP contribution in [0.4, 0.5) is 14.5 Å². The number of nitrogens with two attached hydrogens (primary N) is 1. The number of carbonyl (C=O) groups is 1. The number of primary sulfonamides is 1. The maximum atomic E-state index is 13.7. The van der Waals surface area contributed by atoms with Crippen LogP contribution in [0.1, 0.15) is 12.8 Å². The van der Waals surface area contributed by atoms with Crippen molar-refractivity contribution >= 4 is 21.6 Å². The van der Waals surface area contributed by atoms with Crippen molar-refractivity contribution in [2.24, 2.45) is 5.14 Å². The Bertz CT molecular complexity index is 619. The first-order valence-corrected chi connectivity index (χ1v) is 7.28. The molecule has 20 heavy (non-hydrogen) atoms. The van der Waals surface area contributed by atoms with Gasteiger partial charge in [0, 0.05) is 6.61 Å². The molecule has 0 saturated carbocycles. The van der Waals surface area contributed by atoms with Crippen LogP contribution >= 0.6 is 0 Å². The maximum Gasteiger partial charge on any atom is 0.253 e. The summed E-state index contributed by atoms with van der Waals surface area (Å²) in [5.41, 5.74) is -0.724. The van der Waals surface area contributed by atoms with E-state index in [0.717, 1.165) is 0 Å². The first-order chi connectivity index (χ1) is 9.29. The van der Waals surface area contributed by atoms with Crippen LogP contribution in [0.15, 0.2) is 17.0 Å². The molecule has 3 N–H and O–H groups in total. The van der Waals surface area contributed by atoms with E-state index in [4.69, 9.17) is 9.88 Å². The van der Waals surface area contributed by atoms with Crippen LogP contribution < -0.4 is 10.5 Å². The number of ether oxygens (including phenoxy) is 1. The number of hydrogen-bond acceptors (Lipinski definition) is 4. The molecule has 1 aromatic rings. The molecule has 1 aliphatic heterocycles. The highest BCUT2D eigenvalue weighted by molar-refractivity contribution is 7.89. The number of sulfonamides is 1. The standard InChI is InChI=1S/C11H12F2N2O4S/c12-7-4-6(20(14,17)18)5-8(13)10(7)15-11(16)9-2-1-3-19-9/h4-5,9H,1-3H2,(H,15,16)(H2,14,17,18). The molecular formula is C11H12F2N2O4S. The topological polar surface area (TPSA) is 98.5 Å². The van der Waals surface area contributed by atoms with Gasteiger partial charge in [0.25, 0.3) is 5.91 Å². The lowest BCUT2D eigenvalue weighted by Gasteiger charge is -2.12. The molecule has 1 aliphatic rings. The number of hydrogen-bond donors (Lipinski definition) is 2. The van der Waals surface area contributed by atoms with Gasteiger partial charge in [-0.25, -0.2) is 22.3 Å². The van der Waals surface area contributed by atoms with E-state index in [1.165, 1.54) is 0 Å².